The van der Waals surface area contributed by atoms with Crippen LogP contribution in [0.15, 0.2) is 62.7 Å². The predicted molar refractivity (Wildman–Crippen MR) is 125 cm³/mol. The molecule has 24 heteroatoms. The van der Waals surface area contributed by atoms with Crippen molar-refractivity contribution in [3.63, 3.8) is 0 Å². The van der Waals surface area contributed by atoms with Crippen LogP contribution in [0.4, 0.5) is 92.2 Å². The van der Waals surface area contributed by atoms with Crippen LogP contribution >= 0.6 is 22.6 Å². The average Bonchev–Trinajstić information content (AvgIpc) is 2.77. The molecule has 0 spiro atoms. The van der Waals surface area contributed by atoms with E-state index in [9.17, 15) is 92.2 Å². The van der Waals surface area contributed by atoms with Crippen molar-refractivity contribution >= 4 is 22.6 Å². The van der Waals surface area contributed by atoms with Crippen LogP contribution in [0.3, 0.4) is 0 Å². The molecule has 0 aromatic rings. The molecule has 0 aromatic heterocycles. The van der Waals surface area contributed by atoms with Gasteiger partial charge in [-0.15, -0.1) is 26.3 Å². The Morgan fingerprint density at radius 2 is 0.841 bits per heavy atom. The van der Waals surface area contributed by atoms with Gasteiger partial charge < -0.3 is 9.47 Å². The fourth-order valence-corrected chi connectivity index (χ4v) is 1.37. The summed E-state index contributed by atoms with van der Waals surface area (Å²) in [5.41, 5.74) is 0. The zero-order chi connectivity index (χ0) is 35.6. The summed E-state index contributed by atoms with van der Waals surface area (Å²) in [4.78, 5) is 0. The standard InChI is InChI=1S/C8H4F11IO2.2C3HF5.2C2H4.2CH4/c9-3(10)4(11)22-8(18,19)6(14,15)2-21-7(16,17)5(12,13)1-20;2*4-2(5)1-3(6,7)8;2*1-2;;/h1-2H2;2*1H;2*1-2H2;2*1H4. The van der Waals surface area contributed by atoms with E-state index >= 15 is 0 Å². The highest BCUT2D eigenvalue weighted by molar-refractivity contribution is 14.1. The van der Waals surface area contributed by atoms with Gasteiger partial charge in [-0.05, 0) is 0 Å². The van der Waals surface area contributed by atoms with Crippen LogP contribution in [0.2, 0.25) is 0 Å². The number of halogens is 22. The Morgan fingerprint density at radius 3 is 1.02 bits per heavy atom. The first-order chi connectivity index (χ1) is 18.4. The minimum Gasteiger partial charge on any atom is -0.398 e. The van der Waals surface area contributed by atoms with Crippen LogP contribution in [0.1, 0.15) is 14.9 Å². The van der Waals surface area contributed by atoms with Crippen LogP contribution < -0.4 is 0 Å². The van der Waals surface area contributed by atoms with E-state index < -0.39 is 83.9 Å². The molecule has 0 saturated carbocycles. The van der Waals surface area contributed by atoms with E-state index in [1.165, 1.54) is 0 Å². The summed E-state index contributed by atoms with van der Waals surface area (Å²) >= 11 is 0.746. The third-order valence-electron chi connectivity index (χ3n) is 2.37. The first-order valence-electron chi connectivity index (χ1n) is 8.75. The molecule has 44 heavy (non-hydrogen) atoms. The fraction of sp³-hybridized carbons (Fsp3) is 0.500. The Balaban J connectivity index is -0.000000103. The molecule has 0 fully saturated rings. The third kappa shape index (κ3) is 29.8. The molecule has 0 aliphatic rings. The lowest BCUT2D eigenvalue weighted by Gasteiger charge is -2.29. The number of alkyl halides is 15. The zero-order valence-electron chi connectivity index (χ0n) is 19.5. The summed E-state index contributed by atoms with van der Waals surface area (Å²) in [5, 5.41) is 0. The molecule has 0 bridgehead atoms. The molecule has 0 amide bonds. The molecule has 0 aliphatic carbocycles. The van der Waals surface area contributed by atoms with Crippen molar-refractivity contribution in [2.45, 2.75) is 51.3 Å². The normalized spacial score (nSPS) is 11.2. The van der Waals surface area contributed by atoms with E-state index in [1.54, 1.807) is 0 Å². The van der Waals surface area contributed by atoms with Gasteiger partial charge in [0.1, 0.15) is 6.61 Å². The Bertz CT molecular complexity index is 805. The first kappa shape index (κ1) is 57.4. The number of ether oxygens (including phenoxy) is 2. The summed E-state index contributed by atoms with van der Waals surface area (Å²) in [6.07, 6.45) is -32.5. The van der Waals surface area contributed by atoms with Gasteiger partial charge in [0.15, 0.2) is 0 Å². The lowest BCUT2D eigenvalue weighted by atomic mass is 10.3. The quantitative estimate of drug-likeness (QED) is 0.0798. The van der Waals surface area contributed by atoms with E-state index in [0.717, 1.165) is 22.6 Å². The minimum atomic E-state index is -6.06. The van der Waals surface area contributed by atoms with Crippen LogP contribution in [0.25, 0.3) is 0 Å². The Hall–Kier alpha value is -2.28. The van der Waals surface area contributed by atoms with Gasteiger partial charge in [0.25, 0.3) is 12.2 Å². The van der Waals surface area contributed by atoms with E-state index in [4.69, 9.17) is 0 Å². The van der Waals surface area contributed by atoms with E-state index in [0.29, 0.717) is 0 Å². The second-order valence-corrected chi connectivity index (χ2v) is 6.21. The van der Waals surface area contributed by atoms with Gasteiger partial charge in [0, 0.05) is 0 Å². The largest absolute Gasteiger partial charge is 0.468 e. The van der Waals surface area contributed by atoms with Crippen molar-refractivity contribution in [2.75, 3.05) is 11.0 Å². The maximum Gasteiger partial charge on any atom is 0.468 e. The topological polar surface area (TPSA) is 18.5 Å². The number of rotatable bonds is 8. The molecule has 0 aliphatic heterocycles. The van der Waals surface area contributed by atoms with Gasteiger partial charge in [-0.25, -0.2) is 0 Å². The number of hydrogen-bond acceptors (Lipinski definition) is 2. The summed E-state index contributed by atoms with van der Waals surface area (Å²) in [7, 11) is 0. The molecule has 0 aromatic carbocycles. The number of hydrogen-bond donors (Lipinski definition) is 0. The highest BCUT2D eigenvalue weighted by atomic mass is 127. The zero-order valence-corrected chi connectivity index (χ0v) is 21.7. The average molecular weight is 820 g/mol. The third-order valence-corrected chi connectivity index (χ3v) is 3.32. The molecule has 0 atom stereocenters. The van der Waals surface area contributed by atoms with Crippen molar-refractivity contribution in [3.05, 3.63) is 62.7 Å². The van der Waals surface area contributed by atoms with Gasteiger partial charge >= 0.3 is 48.5 Å². The monoisotopic (exact) mass is 820 g/mol. The van der Waals surface area contributed by atoms with Crippen LogP contribution in [-0.4, -0.2) is 47.4 Å². The molecule has 0 N–H and O–H groups in total. The second-order valence-electron chi connectivity index (χ2n) is 5.45. The van der Waals surface area contributed by atoms with Crippen LogP contribution in [0.5, 0.6) is 0 Å². The van der Waals surface area contributed by atoms with Gasteiger partial charge in [0.05, 0.1) is 16.6 Å². The van der Waals surface area contributed by atoms with Crippen molar-refractivity contribution in [3.8, 4) is 0 Å². The highest BCUT2D eigenvalue weighted by Gasteiger charge is 2.64. The van der Waals surface area contributed by atoms with E-state index in [1.807, 2.05) is 0 Å². The summed E-state index contributed by atoms with van der Waals surface area (Å²) in [6.45, 7) is 8.94. The van der Waals surface area contributed by atoms with Gasteiger partial charge in [0.2, 0.25) is 0 Å². The van der Waals surface area contributed by atoms with Crippen molar-refractivity contribution < 1.29 is 102 Å². The van der Waals surface area contributed by atoms with Crippen molar-refractivity contribution in [1.82, 2.24) is 0 Å². The van der Waals surface area contributed by atoms with E-state index in [-0.39, 0.29) is 14.9 Å². The molecule has 0 saturated heterocycles. The molecule has 0 radical (unpaired) electrons. The Labute approximate surface area is 249 Å². The first-order valence-corrected chi connectivity index (χ1v) is 10.3. The van der Waals surface area contributed by atoms with Crippen LogP contribution in [-0.2, 0) is 9.47 Å². The lowest BCUT2D eigenvalue weighted by Crippen LogP contribution is -2.51. The Kier molecular flexibility index (Phi) is 31.3. The maximum absolute atomic E-state index is 12.8. The molecule has 268 valence electrons. The molecular formula is C20H22F21IO2. The fourth-order valence-electron chi connectivity index (χ4n) is 0.922. The van der Waals surface area contributed by atoms with E-state index in [2.05, 4.69) is 35.8 Å². The van der Waals surface area contributed by atoms with Gasteiger partial charge in [-0.3, -0.25) is 0 Å². The molecular weight excluding hydrogens is 798 g/mol. The van der Waals surface area contributed by atoms with Gasteiger partial charge in [-0.1, -0.05) is 37.4 Å². The predicted octanol–water partition coefficient (Wildman–Crippen LogP) is 12.5. The summed E-state index contributed by atoms with van der Waals surface area (Å²) < 4.78 is 247. The Morgan fingerprint density at radius 1 is 0.545 bits per heavy atom. The molecule has 0 heterocycles. The smallest absolute Gasteiger partial charge is 0.398 e. The second kappa shape index (κ2) is 24.0. The van der Waals surface area contributed by atoms with Crippen molar-refractivity contribution in [1.29, 1.82) is 0 Å². The van der Waals surface area contributed by atoms with Gasteiger partial charge in [-0.2, -0.15) is 92.2 Å². The molecule has 0 unspecified atom stereocenters. The minimum absolute atomic E-state index is 0. The summed E-state index contributed by atoms with van der Waals surface area (Å²) in [5.74, 6) is -10.8. The maximum atomic E-state index is 12.8. The summed E-state index contributed by atoms with van der Waals surface area (Å²) in [6, 6.07) is -3.39. The van der Waals surface area contributed by atoms with Crippen molar-refractivity contribution in [2.24, 2.45) is 0 Å². The molecule has 2 nitrogen and oxygen atoms in total. The highest BCUT2D eigenvalue weighted by Crippen LogP contribution is 2.42. The SMILES string of the molecule is C.C.C=C.C=C.FC(F)=C(F)OC(F)(F)C(F)(F)COC(F)(F)C(F)(F)CI.FC(F)=CC(F)(F)F.FC(F)=CC(F)(F)F. The molecule has 0 rings (SSSR count). The van der Waals surface area contributed by atoms with Crippen LogP contribution in [0, 0.1) is 0 Å². The lowest BCUT2D eigenvalue weighted by molar-refractivity contribution is -0.392. The number of allylic oxidation sites excluding steroid dienone is 2.